The Balaban J connectivity index is 2.25. The van der Waals surface area contributed by atoms with Crippen molar-refractivity contribution in [3.63, 3.8) is 0 Å². The quantitative estimate of drug-likeness (QED) is 0.735. The third-order valence-corrected chi connectivity index (χ3v) is 3.11. The van der Waals surface area contributed by atoms with Crippen LogP contribution in [0.15, 0.2) is 41.0 Å². The summed E-state index contributed by atoms with van der Waals surface area (Å²) in [5, 5.41) is 0.545. The number of ether oxygens (including phenoxy) is 1. The van der Waals surface area contributed by atoms with Crippen molar-refractivity contribution in [2.45, 2.75) is 5.88 Å². The fraction of sp³-hybridized carbons (Fsp3) is 0.0833. The van der Waals surface area contributed by atoms with Crippen molar-refractivity contribution in [1.82, 2.24) is 4.98 Å². The van der Waals surface area contributed by atoms with Gasteiger partial charge in [0.05, 0.1) is 16.6 Å². The maximum atomic E-state index is 6.06. The maximum absolute atomic E-state index is 6.06. The fourth-order valence-corrected chi connectivity index (χ4v) is 2.14. The van der Waals surface area contributed by atoms with E-state index < -0.39 is 0 Å². The number of pyridine rings is 1. The van der Waals surface area contributed by atoms with Crippen molar-refractivity contribution in [1.29, 1.82) is 0 Å². The van der Waals surface area contributed by atoms with E-state index in [4.69, 9.17) is 27.9 Å². The van der Waals surface area contributed by atoms with Crippen LogP contribution in [0.4, 0.5) is 0 Å². The molecule has 17 heavy (non-hydrogen) atoms. The highest BCUT2D eigenvalue weighted by atomic mass is 79.9. The number of aromatic nitrogens is 1. The zero-order valence-corrected chi connectivity index (χ0v) is 11.8. The summed E-state index contributed by atoms with van der Waals surface area (Å²) in [7, 11) is 0. The zero-order chi connectivity index (χ0) is 12.3. The number of alkyl halides is 1. The zero-order valence-electron chi connectivity index (χ0n) is 8.66. The molecule has 0 bridgehead atoms. The van der Waals surface area contributed by atoms with Crippen LogP contribution in [-0.2, 0) is 5.88 Å². The molecule has 0 aliphatic rings. The van der Waals surface area contributed by atoms with E-state index in [2.05, 4.69) is 20.9 Å². The van der Waals surface area contributed by atoms with Crippen LogP contribution in [0.2, 0.25) is 5.02 Å². The highest BCUT2D eigenvalue weighted by Crippen LogP contribution is 2.31. The highest BCUT2D eigenvalue weighted by Gasteiger charge is 2.04. The first-order valence-electron chi connectivity index (χ1n) is 4.83. The van der Waals surface area contributed by atoms with Crippen molar-refractivity contribution in [2.75, 3.05) is 0 Å². The normalized spacial score (nSPS) is 10.3. The van der Waals surface area contributed by atoms with Gasteiger partial charge in [0.1, 0.15) is 11.5 Å². The van der Waals surface area contributed by atoms with Gasteiger partial charge in [0.25, 0.3) is 0 Å². The van der Waals surface area contributed by atoms with Crippen LogP contribution in [0.3, 0.4) is 0 Å². The molecule has 88 valence electrons. The van der Waals surface area contributed by atoms with Gasteiger partial charge in [0.2, 0.25) is 0 Å². The van der Waals surface area contributed by atoms with E-state index in [1.165, 1.54) is 0 Å². The Kier molecular flexibility index (Phi) is 4.26. The van der Waals surface area contributed by atoms with Gasteiger partial charge in [-0.1, -0.05) is 27.5 Å². The van der Waals surface area contributed by atoms with E-state index in [9.17, 15) is 0 Å². The van der Waals surface area contributed by atoms with E-state index in [1.54, 1.807) is 30.5 Å². The highest BCUT2D eigenvalue weighted by molar-refractivity contribution is 9.10. The van der Waals surface area contributed by atoms with E-state index in [0.29, 0.717) is 22.4 Å². The summed E-state index contributed by atoms with van der Waals surface area (Å²) >= 11 is 15.1. The molecule has 0 aliphatic carbocycles. The standard InChI is InChI=1S/C12H8BrCl2NO/c13-8-1-2-12(11(15)5-8)17-10-3-4-16-9(6-10)7-14/h1-6H,7H2. The summed E-state index contributed by atoms with van der Waals surface area (Å²) in [5.41, 5.74) is 0.761. The molecule has 5 heteroatoms. The van der Waals surface area contributed by atoms with Gasteiger partial charge in [-0.25, -0.2) is 0 Å². The van der Waals surface area contributed by atoms with Crippen LogP contribution in [-0.4, -0.2) is 4.98 Å². The molecule has 1 heterocycles. The molecule has 0 aliphatic heterocycles. The Labute approximate surface area is 118 Å². The molecule has 1 aromatic heterocycles. The average molecular weight is 333 g/mol. The molecular weight excluding hydrogens is 325 g/mol. The summed E-state index contributed by atoms with van der Waals surface area (Å²) in [6.07, 6.45) is 1.65. The van der Waals surface area contributed by atoms with Crippen LogP contribution < -0.4 is 4.74 Å². The van der Waals surface area contributed by atoms with Crippen molar-refractivity contribution < 1.29 is 4.74 Å². The Morgan fingerprint density at radius 2 is 2.06 bits per heavy atom. The second kappa shape index (κ2) is 5.71. The van der Waals surface area contributed by atoms with Crippen molar-refractivity contribution in [3.05, 3.63) is 51.7 Å². The van der Waals surface area contributed by atoms with Crippen LogP contribution in [0.1, 0.15) is 5.69 Å². The molecular formula is C12H8BrCl2NO. The van der Waals surface area contributed by atoms with E-state index in [1.807, 2.05) is 6.07 Å². The van der Waals surface area contributed by atoms with Crippen LogP contribution in [0.5, 0.6) is 11.5 Å². The SMILES string of the molecule is ClCc1cc(Oc2ccc(Br)cc2Cl)ccn1. The van der Waals surface area contributed by atoms with Crippen molar-refractivity contribution in [2.24, 2.45) is 0 Å². The minimum absolute atomic E-state index is 0.352. The lowest BCUT2D eigenvalue weighted by Gasteiger charge is -2.08. The number of halogens is 3. The second-order valence-corrected chi connectivity index (χ2v) is 4.88. The summed E-state index contributed by atoms with van der Waals surface area (Å²) in [6.45, 7) is 0. The molecule has 0 fully saturated rings. The van der Waals surface area contributed by atoms with Crippen molar-refractivity contribution in [3.8, 4) is 11.5 Å². The van der Waals surface area contributed by atoms with Gasteiger partial charge in [0, 0.05) is 16.7 Å². The maximum Gasteiger partial charge on any atom is 0.146 e. The summed E-state index contributed by atoms with van der Waals surface area (Å²) in [5.74, 6) is 1.62. The Morgan fingerprint density at radius 3 is 2.76 bits per heavy atom. The summed E-state index contributed by atoms with van der Waals surface area (Å²) < 4.78 is 6.56. The van der Waals surface area contributed by atoms with Gasteiger partial charge >= 0.3 is 0 Å². The van der Waals surface area contributed by atoms with Crippen LogP contribution >= 0.6 is 39.1 Å². The van der Waals surface area contributed by atoms with Gasteiger partial charge in [-0.2, -0.15) is 0 Å². The average Bonchev–Trinajstić information content (AvgIpc) is 2.33. The number of rotatable bonds is 3. The summed E-state index contributed by atoms with van der Waals surface area (Å²) in [4.78, 5) is 4.08. The number of hydrogen-bond donors (Lipinski definition) is 0. The lowest BCUT2D eigenvalue weighted by Crippen LogP contribution is -1.89. The molecule has 0 spiro atoms. The minimum atomic E-state index is 0.352. The monoisotopic (exact) mass is 331 g/mol. The van der Waals surface area contributed by atoms with Crippen molar-refractivity contribution >= 4 is 39.1 Å². The third-order valence-electron chi connectivity index (χ3n) is 2.05. The first kappa shape index (κ1) is 12.7. The molecule has 0 N–H and O–H groups in total. The van der Waals surface area contributed by atoms with E-state index in [0.717, 1.165) is 10.2 Å². The molecule has 1 aromatic carbocycles. The topological polar surface area (TPSA) is 22.1 Å². The van der Waals surface area contributed by atoms with Gasteiger partial charge in [-0.3, -0.25) is 4.98 Å². The lowest BCUT2D eigenvalue weighted by atomic mass is 10.3. The van der Waals surface area contributed by atoms with Gasteiger partial charge in [-0.15, -0.1) is 11.6 Å². The van der Waals surface area contributed by atoms with Gasteiger partial charge in [-0.05, 0) is 24.3 Å². The first-order chi connectivity index (χ1) is 8.19. The third kappa shape index (κ3) is 3.35. The molecule has 0 atom stereocenters. The largest absolute Gasteiger partial charge is 0.456 e. The fourth-order valence-electron chi connectivity index (χ4n) is 1.28. The Morgan fingerprint density at radius 1 is 1.24 bits per heavy atom. The molecule has 2 nitrogen and oxygen atoms in total. The number of nitrogens with zero attached hydrogens (tertiary/aromatic N) is 1. The lowest BCUT2D eigenvalue weighted by molar-refractivity contribution is 0.481. The first-order valence-corrected chi connectivity index (χ1v) is 6.53. The predicted molar refractivity (Wildman–Crippen MR) is 73.0 cm³/mol. The van der Waals surface area contributed by atoms with E-state index >= 15 is 0 Å². The molecule has 0 amide bonds. The number of benzene rings is 1. The number of hydrogen-bond acceptors (Lipinski definition) is 2. The Hall–Kier alpha value is -0.770. The van der Waals surface area contributed by atoms with Gasteiger partial charge in [0.15, 0.2) is 0 Å². The predicted octanol–water partition coefficient (Wildman–Crippen LogP) is 5.03. The van der Waals surface area contributed by atoms with Gasteiger partial charge < -0.3 is 4.74 Å². The Bertz CT molecular complexity index is 534. The van der Waals surface area contributed by atoms with Crippen LogP contribution in [0.25, 0.3) is 0 Å². The van der Waals surface area contributed by atoms with Crippen LogP contribution in [0, 0.1) is 0 Å². The second-order valence-electron chi connectivity index (χ2n) is 3.29. The minimum Gasteiger partial charge on any atom is -0.456 e. The molecule has 0 saturated carbocycles. The molecule has 0 saturated heterocycles. The molecule has 2 rings (SSSR count). The smallest absolute Gasteiger partial charge is 0.146 e. The van der Waals surface area contributed by atoms with E-state index in [-0.39, 0.29) is 0 Å². The molecule has 2 aromatic rings. The molecule has 0 radical (unpaired) electrons. The molecule has 0 unspecified atom stereocenters. The summed E-state index contributed by atoms with van der Waals surface area (Å²) in [6, 6.07) is 8.98.